The number of pyridine rings is 1. The molecule has 7 heteroatoms. The molecule has 1 N–H and O–H groups in total. The van der Waals surface area contributed by atoms with E-state index in [4.69, 9.17) is 4.74 Å². The average molecular weight is 313 g/mol. The number of fused-ring (bicyclic) bond motifs is 1. The minimum atomic E-state index is -0.700. The normalized spacial score (nSPS) is 20.0. The Morgan fingerprint density at radius 1 is 1.35 bits per heavy atom. The average Bonchev–Trinajstić information content (AvgIpc) is 3.23. The van der Waals surface area contributed by atoms with Crippen LogP contribution in [0.25, 0.3) is 16.7 Å². The highest BCUT2D eigenvalue weighted by Crippen LogP contribution is 2.28. The Balaban J connectivity index is 1.85. The predicted molar refractivity (Wildman–Crippen MR) is 84.1 cm³/mol. The maximum atomic E-state index is 10.1. The van der Waals surface area contributed by atoms with Crippen LogP contribution in [0.4, 0.5) is 0 Å². The fourth-order valence-corrected chi connectivity index (χ4v) is 3.01. The summed E-state index contributed by atoms with van der Waals surface area (Å²) in [4.78, 5) is 4.68. The topological polar surface area (TPSA) is 78.0 Å². The van der Waals surface area contributed by atoms with Gasteiger partial charge in [-0.1, -0.05) is 0 Å². The molecule has 0 saturated carbocycles. The molecule has 2 atom stereocenters. The van der Waals surface area contributed by atoms with Crippen LogP contribution >= 0.6 is 0 Å². The molecule has 7 nitrogen and oxygen atoms in total. The van der Waals surface area contributed by atoms with Crippen molar-refractivity contribution < 1.29 is 9.84 Å². The van der Waals surface area contributed by atoms with Crippen LogP contribution in [0, 0.1) is 0 Å². The Morgan fingerprint density at radius 3 is 2.96 bits per heavy atom. The first-order valence-electron chi connectivity index (χ1n) is 7.92. The van der Waals surface area contributed by atoms with E-state index < -0.39 is 6.10 Å². The van der Waals surface area contributed by atoms with Gasteiger partial charge < -0.3 is 9.84 Å². The SMILES string of the molecule is C[C@@H](O)c1nc2c(cnn2[C@@H]2CCCCO2)cc1-n1cccn1. The van der Waals surface area contributed by atoms with Gasteiger partial charge >= 0.3 is 0 Å². The number of nitrogens with zero attached hydrogens (tertiary/aromatic N) is 5. The molecular weight excluding hydrogens is 294 g/mol. The second-order valence-corrected chi connectivity index (χ2v) is 5.84. The van der Waals surface area contributed by atoms with Gasteiger partial charge in [0.2, 0.25) is 0 Å². The largest absolute Gasteiger partial charge is 0.387 e. The maximum absolute atomic E-state index is 10.1. The lowest BCUT2D eigenvalue weighted by Crippen LogP contribution is -2.19. The number of rotatable bonds is 3. The van der Waals surface area contributed by atoms with Crippen molar-refractivity contribution in [2.24, 2.45) is 0 Å². The minimum Gasteiger partial charge on any atom is -0.387 e. The molecule has 1 saturated heterocycles. The summed E-state index contributed by atoms with van der Waals surface area (Å²) >= 11 is 0. The fraction of sp³-hybridized carbons (Fsp3) is 0.438. The number of hydrogen-bond donors (Lipinski definition) is 1. The summed E-state index contributed by atoms with van der Waals surface area (Å²) in [7, 11) is 0. The molecule has 0 amide bonds. The first kappa shape index (κ1) is 14.3. The zero-order valence-corrected chi connectivity index (χ0v) is 13.0. The van der Waals surface area contributed by atoms with Gasteiger partial charge in [0.25, 0.3) is 0 Å². The van der Waals surface area contributed by atoms with E-state index in [0.717, 1.165) is 42.6 Å². The van der Waals surface area contributed by atoms with Gasteiger partial charge in [-0.15, -0.1) is 0 Å². The third-order valence-electron chi connectivity index (χ3n) is 4.15. The van der Waals surface area contributed by atoms with Crippen LogP contribution in [-0.4, -0.2) is 36.3 Å². The first-order chi connectivity index (χ1) is 11.2. The molecule has 4 heterocycles. The number of aliphatic hydroxyl groups is 1. The lowest BCUT2D eigenvalue weighted by atomic mass is 10.1. The van der Waals surface area contributed by atoms with Crippen molar-refractivity contribution in [2.75, 3.05) is 6.61 Å². The van der Waals surface area contributed by atoms with E-state index in [-0.39, 0.29) is 6.23 Å². The van der Waals surface area contributed by atoms with Gasteiger partial charge in [0.05, 0.1) is 23.7 Å². The molecule has 0 unspecified atom stereocenters. The highest BCUT2D eigenvalue weighted by Gasteiger charge is 2.22. The van der Waals surface area contributed by atoms with Gasteiger partial charge in [-0.2, -0.15) is 10.2 Å². The second kappa shape index (κ2) is 5.75. The molecule has 1 fully saturated rings. The summed E-state index contributed by atoms with van der Waals surface area (Å²) in [5.41, 5.74) is 2.09. The van der Waals surface area contributed by atoms with E-state index in [9.17, 15) is 5.11 Å². The predicted octanol–water partition coefficient (Wildman–Crippen LogP) is 2.37. The van der Waals surface area contributed by atoms with Gasteiger partial charge in [0.15, 0.2) is 11.9 Å². The van der Waals surface area contributed by atoms with Crippen molar-refractivity contribution in [3.63, 3.8) is 0 Å². The van der Waals surface area contributed by atoms with E-state index >= 15 is 0 Å². The highest BCUT2D eigenvalue weighted by atomic mass is 16.5. The van der Waals surface area contributed by atoms with Crippen LogP contribution in [0.15, 0.2) is 30.7 Å². The van der Waals surface area contributed by atoms with Crippen molar-refractivity contribution in [3.8, 4) is 5.69 Å². The van der Waals surface area contributed by atoms with Crippen molar-refractivity contribution in [1.29, 1.82) is 0 Å². The molecule has 0 bridgehead atoms. The smallest absolute Gasteiger partial charge is 0.160 e. The zero-order valence-electron chi connectivity index (χ0n) is 13.0. The Kier molecular flexibility index (Phi) is 3.59. The van der Waals surface area contributed by atoms with E-state index in [1.54, 1.807) is 24.0 Å². The van der Waals surface area contributed by atoms with E-state index in [0.29, 0.717) is 5.69 Å². The molecule has 3 aromatic rings. The van der Waals surface area contributed by atoms with Crippen molar-refractivity contribution in [3.05, 3.63) is 36.4 Å². The Morgan fingerprint density at radius 2 is 2.26 bits per heavy atom. The van der Waals surface area contributed by atoms with Crippen molar-refractivity contribution in [2.45, 2.75) is 38.5 Å². The lowest BCUT2D eigenvalue weighted by molar-refractivity contribution is -0.0370. The van der Waals surface area contributed by atoms with Gasteiger partial charge in [-0.25, -0.2) is 14.3 Å². The van der Waals surface area contributed by atoms with E-state index in [1.807, 2.05) is 23.0 Å². The van der Waals surface area contributed by atoms with Gasteiger partial charge in [-0.05, 0) is 38.3 Å². The summed E-state index contributed by atoms with van der Waals surface area (Å²) in [5, 5.41) is 19.8. The van der Waals surface area contributed by atoms with Gasteiger partial charge in [0.1, 0.15) is 0 Å². The second-order valence-electron chi connectivity index (χ2n) is 5.84. The third-order valence-corrected chi connectivity index (χ3v) is 4.15. The van der Waals surface area contributed by atoms with Crippen LogP contribution in [0.3, 0.4) is 0 Å². The quantitative estimate of drug-likeness (QED) is 0.803. The summed E-state index contributed by atoms with van der Waals surface area (Å²) in [5.74, 6) is 0. The molecular formula is C16H19N5O2. The van der Waals surface area contributed by atoms with E-state index in [1.165, 1.54) is 0 Å². The summed E-state index contributed by atoms with van der Waals surface area (Å²) in [6, 6.07) is 3.80. The highest BCUT2D eigenvalue weighted by molar-refractivity contribution is 5.77. The summed E-state index contributed by atoms with van der Waals surface area (Å²) in [6.45, 7) is 2.46. The molecule has 1 aliphatic rings. The zero-order chi connectivity index (χ0) is 15.8. The number of ether oxygens (including phenoxy) is 1. The molecule has 120 valence electrons. The summed E-state index contributed by atoms with van der Waals surface area (Å²) in [6.07, 6.45) is 7.70. The van der Waals surface area contributed by atoms with Crippen molar-refractivity contribution in [1.82, 2.24) is 24.5 Å². The summed E-state index contributed by atoms with van der Waals surface area (Å²) < 4.78 is 9.35. The number of aromatic nitrogens is 5. The van der Waals surface area contributed by atoms with Crippen LogP contribution < -0.4 is 0 Å². The Bertz CT molecular complexity index is 803. The Hall–Kier alpha value is -2.25. The molecule has 0 aromatic carbocycles. The first-order valence-corrected chi connectivity index (χ1v) is 7.92. The standard InChI is InChI=1S/C16H19N5O2/c1-11(22)15-13(20-7-4-6-17-20)9-12-10-18-21(16(12)19-15)14-5-2-3-8-23-14/h4,6-7,9-11,14,22H,2-3,5,8H2,1H3/t11-,14+/m1/s1. The van der Waals surface area contributed by atoms with Crippen LogP contribution in [0.2, 0.25) is 0 Å². The van der Waals surface area contributed by atoms with Crippen LogP contribution in [-0.2, 0) is 4.74 Å². The molecule has 0 aliphatic carbocycles. The minimum absolute atomic E-state index is 0.0776. The van der Waals surface area contributed by atoms with Crippen LogP contribution in [0.1, 0.15) is 44.2 Å². The van der Waals surface area contributed by atoms with Gasteiger partial charge in [0, 0.05) is 24.4 Å². The molecule has 0 radical (unpaired) electrons. The lowest BCUT2D eigenvalue weighted by Gasteiger charge is -2.23. The van der Waals surface area contributed by atoms with Crippen LogP contribution in [0.5, 0.6) is 0 Å². The molecule has 4 rings (SSSR count). The number of hydrogen-bond acceptors (Lipinski definition) is 5. The molecule has 23 heavy (non-hydrogen) atoms. The molecule has 1 aliphatic heterocycles. The van der Waals surface area contributed by atoms with Gasteiger partial charge in [-0.3, -0.25) is 0 Å². The fourth-order valence-electron chi connectivity index (χ4n) is 3.01. The van der Waals surface area contributed by atoms with Crippen molar-refractivity contribution >= 4 is 11.0 Å². The maximum Gasteiger partial charge on any atom is 0.160 e. The Labute approximate surface area is 133 Å². The molecule has 0 spiro atoms. The molecule has 3 aromatic heterocycles. The van der Waals surface area contributed by atoms with E-state index in [2.05, 4.69) is 15.2 Å². The monoisotopic (exact) mass is 313 g/mol. The number of aliphatic hydroxyl groups excluding tert-OH is 1. The third kappa shape index (κ3) is 2.51.